The average molecular weight is 445 g/mol. The Morgan fingerprint density at radius 2 is 1.70 bits per heavy atom. The lowest BCUT2D eigenvalue weighted by atomic mass is 10.0. The van der Waals surface area contributed by atoms with Crippen molar-refractivity contribution >= 4 is 11.7 Å². The first-order valence-corrected chi connectivity index (χ1v) is 10.1. The Hall–Kier alpha value is -4.53. The maximum Gasteiger partial charge on any atom is 0.344 e. The summed E-state index contributed by atoms with van der Waals surface area (Å²) in [5.74, 6) is 0.361. The highest BCUT2D eigenvalue weighted by molar-refractivity contribution is 5.71. The number of aromatic nitrogens is 2. The SMILES string of the molecule is O=C(COc1ccccc1Cc1ccccc1)OCc1nc(-c2ccc([N+](=O)[O-])cc2)no1. The number of hydrogen-bond acceptors (Lipinski definition) is 8. The number of non-ortho nitro benzene ring substituents is 1. The van der Waals surface area contributed by atoms with Crippen LogP contribution in [0.15, 0.2) is 83.4 Å². The summed E-state index contributed by atoms with van der Waals surface area (Å²) in [6.07, 6.45) is 0.680. The van der Waals surface area contributed by atoms with Gasteiger partial charge in [-0.25, -0.2) is 4.79 Å². The van der Waals surface area contributed by atoms with Crippen LogP contribution >= 0.6 is 0 Å². The van der Waals surface area contributed by atoms with E-state index in [0.29, 0.717) is 17.7 Å². The second-order valence-corrected chi connectivity index (χ2v) is 7.04. The highest BCUT2D eigenvalue weighted by Gasteiger charge is 2.14. The number of para-hydroxylation sites is 1. The third-order valence-electron chi connectivity index (χ3n) is 4.72. The van der Waals surface area contributed by atoms with Gasteiger partial charge < -0.3 is 14.0 Å². The molecule has 4 rings (SSSR count). The van der Waals surface area contributed by atoms with E-state index in [0.717, 1.165) is 11.1 Å². The third kappa shape index (κ3) is 5.79. The molecule has 33 heavy (non-hydrogen) atoms. The van der Waals surface area contributed by atoms with Gasteiger partial charge in [0, 0.05) is 24.1 Å². The third-order valence-corrected chi connectivity index (χ3v) is 4.72. The Morgan fingerprint density at radius 3 is 2.45 bits per heavy atom. The number of hydrogen-bond donors (Lipinski definition) is 0. The van der Waals surface area contributed by atoms with E-state index in [1.807, 2.05) is 48.5 Å². The fourth-order valence-electron chi connectivity index (χ4n) is 3.09. The molecule has 0 amide bonds. The number of carbonyl (C=O) groups is 1. The van der Waals surface area contributed by atoms with Gasteiger partial charge in [-0.15, -0.1) is 0 Å². The van der Waals surface area contributed by atoms with Crippen LogP contribution in [0.4, 0.5) is 5.69 Å². The highest BCUT2D eigenvalue weighted by Crippen LogP contribution is 2.22. The van der Waals surface area contributed by atoms with Crippen molar-refractivity contribution in [2.75, 3.05) is 6.61 Å². The molecular weight excluding hydrogens is 426 g/mol. The topological polar surface area (TPSA) is 118 Å². The van der Waals surface area contributed by atoms with E-state index in [2.05, 4.69) is 10.1 Å². The number of rotatable bonds is 9. The summed E-state index contributed by atoms with van der Waals surface area (Å²) < 4.78 is 15.9. The molecule has 0 N–H and O–H groups in total. The van der Waals surface area contributed by atoms with Gasteiger partial charge in [0.2, 0.25) is 5.82 Å². The summed E-state index contributed by atoms with van der Waals surface area (Å²) in [5, 5.41) is 14.5. The molecular formula is C24H19N3O6. The van der Waals surface area contributed by atoms with Crippen molar-refractivity contribution in [3.8, 4) is 17.1 Å². The lowest BCUT2D eigenvalue weighted by Gasteiger charge is -2.11. The van der Waals surface area contributed by atoms with E-state index < -0.39 is 10.9 Å². The quantitative estimate of drug-likeness (QED) is 0.212. The van der Waals surface area contributed by atoms with E-state index in [9.17, 15) is 14.9 Å². The van der Waals surface area contributed by atoms with Crippen molar-refractivity contribution in [2.24, 2.45) is 0 Å². The van der Waals surface area contributed by atoms with Gasteiger partial charge in [0.25, 0.3) is 11.6 Å². The van der Waals surface area contributed by atoms with Crippen molar-refractivity contribution in [3.63, 3.8) is 0 Å². The minimum Gasteiger partial charge on any atom is -0.482 e. The number of nitro benzene ring substituents is 1. The number of nitrogens with zero attached hydrogens (tertiary/aromatic N) is 3. The highest BCUT2D eigenvalue weighted by atomic mass is 16.6. The number of nitro groups is 1. The van der Waals surface area contributed by atoms with Crippen molar-refractivity contribution in [2.45, 2.75) is 13.0 Å². The van der Waals surface area contributed by atoms with Crippen LogP contribution in [-0.2, 0) is 22.6 Å². The Balaban J connectivity index is 1.30. The van der Waals surface area contributed by atoms with Crippen molar-refractivity contribution in [3.05, 3.63) is 106 Å². The molecule has 1 heterocycles. The Labute approximate surface area is 188 Å². The minimum atomic E-state index is -0.584. The molecule has 166 valence electrons. The first-order valence-electron chi connectivity index (χ1n) is 10.1. The summed E-state index contributed by atoms with van der Waals surface area (Å²) in [5.41, 5.74) is 2.60. The van der Waals surface area contributed by atoms with Crippen LogP contribution in [0, 0.1) is 10.1 Å². The second-order valence-electron chi connectivity index (χ2n) is 7.04. The molecule has 9 heteroatoms. The Kier molecular flexibility index (Phi) is 6.70. The average Bonchev–Trinajstić information content (AvgIpc) is 3.32. The van der Waals surface area contributed by atoms with Crippen LogP contribution in [0.2, 0.25) is 0 Å². The summed E-state index contributed by atoms with van der Waals surface area (Å²) in [4.78, 5) is 26.5. The molecule has 0 aliphatic rings. The second kappa shape index (κ2) is 10.2. The van der Waals surface area contributed by atoms with Gasteiger partial charge in [-0.2, -0.15) is 4.98 Å². The van der Waals surface area contributed by atoms with E-state index >= 15 is 0 Å². The number of benzene rings is 3. The first kappa shape index (κ1) is 21.7. The molecule has 0 radical (unpaired) electrons. The normalized spacial score (nSPS) is 10.5. The molecule has 0 bridgehead atoms. The van der Waals surface area contributed by atoms with E-state index in [1.165, 1.54) is 24.3 Å². The molecule has 0 saturated carbocycles. The molecule has 0 atom stereocenters. The fraction of sp³-hybridized carbons (Fsp3) is 0.125. The minimum absolute atomic E-state index is 0.0401. The predicted molar refractivity (Wildman–Crippen MR) is 117 cm³/mol. The van der Waals surface area contributed by atoms with Gasteiger partial charge in [0.1, 0.15) is 5.75 Å². The largest absolute Gasteiger partial charge is 0.482 e. The van der Waals surface area contributed by atoms with Crippen LogP contribution in [0.3, 0.4) is 0 Å². The van der Waals surface area contributed by atoms with Gasteiger partial charge in [-0.3, -0.25) is 10.1 Å². The first-order chi connectivity index (χ1) is 16.1. The summed E-state index contributed by atoms with van der Waals surface area (Å²) in [6, 6.07) is 23.2. The number of carbonyl (C=O) groups excluding carboxylic acids is 1. The van der Waals surface area contributed by atoms with Crippen LogP contribution in [-0.4, -0.2) is 27.6 Å². The van der Waals surface area contributed by atoms with Crippen LogP contribution in [0.1, 0.15) is 17.0 Å². The summed E-state index contributed by atoms with van der Waals surface area (Å²) >= 11 is 0. The van der Waals surface area contributed by atoms with Gasteiger partial charge in [-0.05, 0) is 29.3 Å². The number of ether oxygens (including phenoxy) is 2. The molecule has 3 aromatic carbocycles. The predicted octanol–water partition coefficient (Wildman–Crippen LogP) is 4.36. The molecule has 0 spiro atoms. The molecule has 1 aromatic heterocycles. The molecule has 4 aromatic rings. The maximum atomic E-state index is 12.1. The van der Waals surface area contributed by atoms with Crippen LogP contribution in [0.25, 0.3) is 11.4 Å². The van der Waals surface area contributed by atoms with E-state index in [1.54, 1.807) is 6.07 Å². The van der Waals surface area contributed by atoms with Crippen LogP contribution in [0.5, 0.6) is 5.75 Å². The fourth-order valence-corrected chi connectivity index (χ4v) is 3.09. The molecule has 0 fully saturated rings. The molecule has 0 aliphatic heterocycles. The molecule has 0 saturated heterocycles. The van der Waals surface area contributed by atoms with Gasteiger partial charge >= 0.3 is 5.97 Å². The standard InChI is InChI=1S/C24H19N3O6/c28-23(16-31-21-9-5-4-8-19(21)14-17-6-2-1-3-7-17)32-15-22-25-24(26-33-22)18-10-12-20(13-11-18)27(29)30/h1-13H,14-16H2. The monoisotopic (exact) mass is 445 g/mol. The molecule has 0 aliphatic carbocycles. The van der Waals surface area contributed by atoms with Crippen molar-refractivity contribution in [1.82, 2.24) is 10.1 Å². The summed E-state index contributed by atoms with van der Waals surface area (Å²) in [7, 11) is 0. The molecule has 0 unspecified atom stereocenters. The lowest BCUT2D eigenvalue weighted by molar-refractivity contribution is -0.384. The zero-order chi connectivity index (χ0) is 23.0. The smallest absolute Gasteiger partial charge is 0.344 e. The van der Waals surface area contributed by atoms with Crippen molar-refractivity contribution < 1.29 is 23.7 Å². The zero-order valence-electron chi connectivity index (χ0n) is 17.4. The zero-order valence-corrected chi connectivity index (χ0v) is 17.4. The number of esters is 1. The van der Waals surface area contributed by atoms with Crippen LogP contribution < -0.4 is 4.74 Å². The Morgan fingerprint density at radius 1 is 0.970 bits per heavy atom. The maximum absolute atomic E-state index is 12.1. The van der Waals surface area contributed by atoms with E-state index in [-0.39, 0.29) is 30.6 Å². The van der Waals surface area contributed by atoms with Gasteiger partial charge in [-0.1, -0.05) is 53.7 Å². The molecule has 9 nitrogen and oxygen atoms in total. The Bertz CT molecular complexity index is 1240. The van der Waals surface area contributed by atoms with Gasteiger partial charge in [0.15, 0.2) is 13.2 Å². The van der Waals surface area contributed by atoms with Gasteiger partial charge in [0.05, 0.1) is 4.92 Å². The van der Waals surface area contributed by atoms with Crippen molar-refractivity contribution in [1.29, 1.82) is 0 Å². The summed E-state index contributed by atoms with van der Waals surface area (Å²) in [6.45, 7) is -0.483. The lowest BCUT2D eigenvalue weighted by Crippen LogP contribution is -2.15. The van der Waals surface area contributed by atoms with E-state index in [4.69, 9.17) is 14.0 Å².